The second kappa shape index (κ2) is 11.3. The van der Waals surface area contributed by atoms with Crippen LogP contribution >= 0.6 is 0 Å². The average Bonchev–Trinajstić information content (AvgIpc) is 3.40. The van der Waals surface area contributed by atoms with Gasteiger partial charge in [0.05, 0.1) is 0 Å². The van der Waals surface area contributed by atoms with Gasteiger partial charge in [-0.3, -0.25) is 0 Å². The van der Waals surface area contributed by atoms with Gasteiger partial charge in [0, 0.05) is 58.1 Å². The topological polar surface area (TPSA) is 7.76 Å². The van der Waals surface area contributed by atoms with Crippen molar-refractivity contribution in [3.63, 3.8) is 0 Å². The molecule has 7 rings (SSSR count). The quantitative estimate of drug-likeness (QED) is 0.155. The molecule has 0 radical (unpaired) electrons. The minimum atomic E-state index is -0.0814. The van der Waals surface area contributed by atoms with Crippen LogP contribution in [-0.2, 0) is 23.9 Å². The Morgan fingerprint density at radius 3 is 1.17 bits per heavy atom. The molecule has 2 heteroatoms. The predicted octanol–water partition coefficient (Wildman–Crippen LogP) is 10.4. The van der Waals surface area contributed by atoms with E-state index in [0.29, 0.717) is 0 Å². The summed E-state index contributed by atoms with van der Waals surface area (Å²) in [7, 11) is 0. The molecule has 0 atom stereocenters. The van der Waals surface area contributed by atoms with Gasteiger partial charge in [-0.25, -0.2) is 0 Å². The molecule has 0 saturated carbocycles. The molecule has 0 unspecified atom stereocenters. The Bertz CT molecular complexity index is 1810. The molecule has 0 bridgehead atoms. The lowest BCUT2D eigenvalue weighted by Crippen LogP contribution is -2.38. The molecule has 0 saturated heterocycles. The van der Waals surface area contributed by atoms with E-state index in [2.05, 4.69) is 150 Å². The van der Waals surface area contributed by atoms with E-state index in [0.717, 1.165) is 13.1 Å². The van der Waals surface area contributed by atoms with Crippen LogP contribution in [0, 0.1) is 13.8 Å². The summed E-state index contributed by atoms with van der Waals surface area (Å²) in [5.74, 6) is 0. The Morgan fingerprint density at radius 2 is 0.826 bits per heavy atom. The highest BCUT2D eigenvalue weighted by Crippen LogP contribution is 2.56. The van der Waals surface area contributed by atoms with Crippen LogP contribution in [0.1, 0.15) is 101 Å². The maximum atomic E-state index is 2.56. The Morgan fingerprint density at radius 1 is 0.478 bits per heavy atom. The molecule has 2 aliphatic rings. The van der Waals surface area contributed by atoms with Crippen LogP contribution in [0.5, 0.6) is 0 Å². The number of hydrogen-bond acceptors (Lipinski definition) is 0. The molecule has 0 spiro atoms. The van der Waals surface area contributed by atoms with Crippen LogP contribution in [0.2, 0.25) is 0 Å². The first-order chi connectivity index (χ1) is 22.0. The van der Waals surface area contributed by atoms with E-state index < -0.39 is 0 Å². The number of fused-ring (bicyclic) bond motifs is 6. The Balaban J connectivity index is 1.42. The molecule has 0 fully saturated rings. The van der Waals surface area contributed by atoms with Crippen molar-refractivity contribution < 1.29 is 9.13 Å². The maximum absolute atomic E-state index is 2.56. The number of unbranched alkanes of at least 4 members (excludes halogenated alkanes) is 2. The zero-order chi connectivity index (χ0) is 32.4. The van der Waals surface area contributed by atoms with Crippen LogP contribution in [0.15, 0.2) is 85.2 Å². The molecular weight excluding hydrogens is 556 g/mol. The minimum absolute atomic E-state index is 0.0814. The van der Waals surface area contributed by atoms with Crippen LogP contribution in [0.3, 0.4) is 0 Å². The number of rotatable bonds is 8. The van der Waals surface area contributed by atoms with Gasteiger partial charge >= 0.3 is 0 Å². The van der Waals surface area contributed by atoms with Crippen molar-refractivity contribution in [1.29, 1.82) is 0 Å². The fourth-order valence-corrected chi connectivity index (χ4v) is 7.97. The number of nitrogens with zero attached hydrogens (tertiary/aromatic N) is 2. The zero-order valence-electron chi connectivity index (χ0n) is 29.2. The Kier molecular flexibility index (Phi) is 7.54. The lowest BCUT2D eigenvalue weighted by atomic mass is 9.79. The fraction of sp³-hybridized carbons (Fsp3) is 0.364. The largest absolute Gasteiger partial charge is 0.213 e. The molecule has 0 N–H and O–H groups in total. The minimum Gasteiger partial charge on any atom is -0.198 e. The highest BCUT2D eigenvalue weighted by Gasteiger charge is 2.44. The molecule has 2 aromatic heterocycles. The summed E-state index contributed by atoms with van der Waals surface area (Å²) in [5, 5.41) is 0. The van der Waals surface area contributed by atoms with Crippen molar-refractivity contribution in [2.45, 2.75) is 105 Å². The van der Waals surface area contributed by atoms with Crippen molar-refractivity contribution >= 4 is 0 Å². The van der Waals surface area contributed by atoms with E-state index in [1.165, 1.54) is 104 Å². The molecule has 0 aliphatic heterocycles. The number of benzene rings is 3. The number of aryl methyl sites for hydroxylation is 4. The van der Waals surface area contributed by atoms with Crippen LogP contribution in [0.25, 0.3) is 44.8 Å². The van der Waals surface area contributed by atoms with Gasteiger partial charge < -0.3 is 0 Å². The average molecular weight is 607 g/mol. The van der Waals surface area contributed by atoms with Gasteiger partial charge in [-0.2, -0.15) is 9.13 Å². The molecule has 2 nitrogen and oxygen atoms in total. The molecule has 2 heterocycles. The van der Waals surface area contributed by atoms with Gasteiger partial charge in [0.25, 0.3) is 0 Å². The maximum Gasteiger partial charge on any atom is 0.213 e. The van der Waals surface area contributed by atoms with E-state index in [4.69, 9.17) is 0 Å². The normalized spacial score (nSPS) is 15.0. The highest BCUT2D eigenvalue weighted by atomic mass is 15.0. The summed E-state index contributed by atoms with van der Waals surface area (Å²) >= 11 is 0. The second-order valence-electron chi connectivity index (χ2n) is 15.0. The summed E-state index contributed by atoms with van der Waals surface area (Å²) < 4.78 is 5.05. The van der Waals surface area contributed by atoms with E-state index in [1.807, 2.05) is 0 Å². The van der Waals surface area contributed by atoms with Crippen LogP contribution in [0.4, 0.5) is 0 Å². The molecule has 46 heavy (non-hydrogen) atoms. The third kappa shape index (κ3) is 4.84. The molecule has 0 amide bonds. The molecule has 234 valence electrons. The third-order valence-electron chi connectivity index (χ3n) is 11.0. The standard InChI is InChI=1S/C44H50N2/c1-9-11-21-45-27-39-35(25-41(45)31-17-13-29(3)14-18-31)33-23-38-34(24-37(33)43(39,5)6)36-26-42(32-19-15-30(4)16-20-32)46(22-12-10-2)28-40(36)44(38,7)8/h13-20,23-28H,9-12,21-22H2,1-8H3/q+2. The number of aromatic nitrogens is 2. The Labute approximate surface area is 276 Å². The van der Waals surface area contributed by atoms with E-state index in [9.17, 15) is 0 Å². The lowest BCUT2D eigenvalue weighted by molar-refractivity contribution is -0.687. The van der Waals surface area contributed by atoms with Crippen molar-refractivity contribution in [3.8, 4) is 44.8 Å². The van der Waals surface area contributed by atoms with Crippen LogP contribution in [-0.4, -0.2) is 0 Å². The summed E-state index contributed by atoms with van der Waals surface area (Å²) in [6.45, 7) is 20.7. The van der Waals surface area contributed by atoms with Gasteiger partial charge in [0.2, 0.25) is 11.4 Å². The molecular formula is C44H50N2+2. The SMILES string of the molecule is CCCC[n+]1cc2c(cc1-c1ccc(C)cc1)-c1cc3c(cc1C2(C)C)-c1cc(-c2ccc(C)cc2)[n+](CCCC)cc1C3(C)C. The van der Waals surface area contributed by atoms with Gasteiger partial charge in [-0.1, -0.05) is 89.8 Å². The zero-order valence-corrected chi connectivity index (χ0v) is 29.2. The summed E-state index contributed by atoms with van der Waals surface area (Å²) in [5.41, 5.74) is 19.1. The fourth-order valence-electron chi connectivity index (χ4n) is 7.97. The van der Waals surface area contributed by atoms with Crippen molar-refractivity contribution in [2.75, 3.05) is 0 Å². The lowest BCUT2D eigenvalue weighted by Gasteiger charge is -2.23. The van der Waals surface area contributed by atoms with Gasteiger partial charge in [-0.15, -0.1) is 0 Å². The van der Waals surface area contributed by atoms with Gasteiger partial charge in [-0.05, 0) is 83.6 Å². The summed E-state index contributed by atoms with van der Waals surface area (Å²) in [6, 6.07) is 28.3. The molecule has 5 aromatic rings. The molecule has 2 aliphatic carbocycles. The van der Waals surface area contributed by atoms with Gasteiger partial charge in [0.15, 0.2) is 12.4 Å². The Hall–Kier alpha value is -4.04. The van der Waals surface area contributed by atoms with Crippen molar-refractivity contribution in [2.24, 2.45) is 0 Å². The van der Waals surface area contributed by atoms with E-state index in [1.54, 1.807) is 0 Å². The third-order valence-corrected chi connectivity index (χ3v) is 11.0. The van der Waals surface area contributed by atoms with E-state index >= 15 is 0 Å². The van der Waals surface area contributed by atoms with Gasteiger partial charge in [0.1, 0.15) is 13.1 Å². The summed E-state index contributed by atoms with van der Waals surface area (Å²) in [6.07, 6.45) is 9.69. The van der Waals surface area contributed by atoms with Crippen molar-refractivity contribution in [3.05, 3.63) is 119 Å². The predicted molar refractivity (Wildman–Crippen MR) is 192 cm³/mol. The smallest absolute Gasteiger partial charge is 0.198 e. The highest BCUT2D eigenvalue weighted by molar-refractivity contribution is 5.90. The first kappa shape index (κ1) is 30.6. The first-order valence-corrected chi connectivity index (χ1v) is 17.5. The monoisotopic (exact) mass is 606 g/mol. The van der Waals surface area contributed by atoms with E-state index in [-0.39, 0.29) is 10.8 Å². The summed E-state index contributed by atoms with van der Waals surface area (Å²) in [4.78, 5) is 0. The first-order valence-electron chi connectivity index (χ1n) is 17.5. The van der Waals surface area contributed by atoms with Crippen LogP contribution < -0.4 is 9.13 Å². The van der Waals surface area contributed by atoms with Crippen molar-refractivity contribution in [1.82, 2.24) is 0 Å². The number of hydrogen-bond donors (Lipinski definition) is 0. The molecule has 3 aromatic carbocycles. The second-order valence-corrected chi connectivity index (χ2v) is 15.0. The number of pyridine rings is 2.